The van der Waals surface area contributed by atoms with Crippen LogP contribution < -0.4 is 4.72 Å². The summed E-state index contributed by atoms with van der Waals surface area (Å²) in [5.74, 6) is -1.21. The van der Waals surface area contributed by atoms with Crippen LogP contribution in [0.3, 0.4) is 0 Å². The van der Waals surface area contributed by atoms with Crippen molar-refractivity contribution in [2.45, 2.75) is 31.1 Å². The third-order valence-electron chi connectivity index (χ3n) is 3.91. The molecule has 1 N–H and O–H groups in total. The molecule has 1 amide bonds. The number of sulfonamides is 1. The Hall–Kier alpha value is -1.72. The molecule has 1 fully saturated rings. The molecule has 0 aromatic heterocycles. The van der Waals surface area contributed by atoms with E-state index in [9.17, 15) is 18.0 Å². The second-order valence-corrected chi connectivity index (χ2v) is 8.13. The van der Waals surface area contributed by atoms with Gasteiger partial charge in [0.25, 0.3) is 10.0 Å². The fourth-order valence-corrected chi connectivity index (χ4v) is 4.01. The molecule has 0 unspecified atom stereocenters. The largest absolute Gasteiger partial charge is 0.300 e. The van der Waals surface area contributed by atoms with Crippen molar-refractivity contribution in [3.8, 4) is 6.07 Å². The summed E-state index contributed by atoms with van der Waals surface area (Å²) in [5, 5.41) is 8.96. The Bertz CT molecular complexity index is 798. The number of halogens is 1. The Kier molecular flexibility index (Phi) is 5.22. The van der Waals surface area contributed by atoms with Crippen molar-refractivity contribution in [2.24, 2.45) is 11.8 Å². The van der Waals surface area contributed by atoms with Crippen molar-refractivity contribution in [3.63, 3.8) is 0 Å². The van der Waals surface area contributed by atoms with Crippen molar-refractivity contribution in [2.75, 3.05) is 0 Å². The maximum Gasteiger partial charge on any atom is 0.264 e. The van der Waals surface area contributed by atoms with Gasteiger partial charge in [-0.1, -0.05) is 6.92 Å². The number of hydrogen-bond donors (Lipinski definition) is 1. The van der Waals surface area contributed by atoms with E-state index in [0.29, 0.717) is 17.3 Å². The van der Waals surface area contributed by atoms with Gasteiger partial charge in [0.05, 0.1) is 10.5 Å². The highest BCUT2D eigenvalue weighted by atomic mass is 79.9. The Labute approximate surface area is 143 Å². The van der Waals surface area contributed by atoms with Gasteiger partial charge >= 0.3 is 0 Å². The molecule has 1 saturated carbocycles. The molecular weight excluding hydrogens is 384 g/mol. The average Bonchev–Trinajstić information content (AvgIpc) is 2.46. The molecule has 1 aliphatic carbocycles. The number of ketones is 1. The zero-order valence-electron chi connectivity index (χ0n) is 12.4. The minimum absolute atomic E-state index is 0.0935. The molecule has 6 nitrogen and oxygen atoms in total. The smallest absolute Gasteiger partial charge is 0.264 e. The zero-order valence-corrected chi connectivity index (χ0v) is 14.8. The summed E-state index contributed by atoms with van der Waals surface area (Å²) < 4.78 is 27.2. The molecule has 0 heterocycles. The molecule has 0 radical (unpaired) electrons. The highest BCUT2D eigenvalue weighted by molar-refractivity contribution is 9.10. The van der Waals surface area contributed by atoms with Crippen LogP contribution in [0.25, 0.3) is 0 Å². The first-order valence-corrected chi connectivity index (χ1v) is 9.30. The second kappa shape index (κ2) is 6.81. The first-order valence-electron chi connectivity index (χ1n) is 7.02. The summed E-state index contributed by atoms with van der Waals surface area (Å²) >= 11 is 3.15. The molecule has 0 saturated heterocycles. The maximum atomic E-state index is 12.3. The predicted octanol–water partition coefficient (Wildman–Crippen LogP) is 2.13. The van der Waals surface area contributed by atoms with Crippen LogP contribution in [0.1, 0.15) is 31.7 Å². The summed E-state index contributed by atoms with van der Waals surface area (Å²) in [6.07, 6.45) is 0.930. The number of nitrogens with zero attached hydrogens (tertiary/aromatic N) is 1. The number of carbonyl (C=O) groups excluding carboxylic acids is 2. The summed E-state index contributed by atoms with van der Waals surface area (Å²) in [6, 6.07) is 5.83. The molecule has 1 aromatic carbocycles. The molecule has 0 spiro atoms. The van der Waals surface area contributed by atoms with Crippen molar-refractivity contribution >= 4 is 37.6 Å². The lowest BCUT2D eigenvalue weighted by atomic mass is 9.79. The van der Waals surface area contributed by atoms with Gasteiger partial charge in [-0.15, -0.1) is 0 Å². The molecule has 2 atom stereocenters. The number of nitriles is 1. The minimum atomic E-state index is -4.05. The topological polar surface area (TPSA) is 104 Å². The van der Waals surface area contributed by atoms with Gasteiger partial charge in [0, 0.05) is 23.2 Å². The molecule has 1 aliphatic rings. The lowest BCUT2D eigenvalue weighted by Gasteiger charge is -2.26. The van der Waals surface area contributed by atoms with E-state index in [1.807, 2.05) is 6.07 Å². The van der Waals surface area contributed by atoms with Crippen LogP contribution >= 0.6 is 15.9 Å². The predicted molar refractivity (Wildman–Crippen MR) is 85.7 cm³/mol. The molecule has 0 bridgehead atoms. The zero-order chi connectivity index (χ0) is 17.2. The van der Waals surface area contributed by atoms with Gasteiger partial charge in [-0.3, -0.25) is 9.59 Å². The standard InChI is InChI=1S/C15H15BrN2O4S/c1-9-6-11(19)2-4-13(9)15(20)18-23(21,22)12-3-5-14(16)10(7-12)8-17/h3,5,7,9,13H,2,4,6H2,1H3,(H,18,20)/t9-,13+/m1/s1. The van der Waals surface area contributed by atoms with Crippen LogP contribution in [0.5, 0.6) is 0 Å². The number of amides is 1. The van der Waals surface area contributed by atoms with Gasteiger partial charge in [0.15, 0.2) is 0 Å². The summed E-state index contributed by atoms with van der Waals surface area (Å²) in [4.78, 5) is 23.5. The third kappa shape index (κ3) is 3.98. The van der Waals surface area contributed by atoms with Crippen molar-refractivity contribution in [1.82, 2.24) is 4.72 Å². The van der Waals surface area contributed by atoms with E-state index >= 15 is 0 Å². The van der Waals surface area contributed by atoms with E-state index in [-0.39, 0.29) is 28.6 Å². The first kappa shape index (κ1) is 17.6. The average molecular weight is 399 g/mol. The minimum Gasteiger partial charge on any atom is -0.300 e. The highest BCUT2D eigenvalue weighted by Crippen LogP contribution is 2.28. The monoisotopic (exact) mass is 398 g/mol. The van der Waals surface area contributed by atoms with Crippen LogP contribution in [-0.4, -0.2) is 20.1 Å². The maximum absolute atomic E-state index is 12.3. The van der Waals surface area contributed by atoms with Crippen molar-refractivity contribution in [1.29, 1.82) is 5.26 Å². The number of nitrogens with one attached hydrogen (secondary N) is 1. The fraction of sp³-hybridized carbons (Fsp3) is 0.400. The Morgan fingerprint density at radius 1 is 1.43 bits per heavy atom. The van der Waals surface area contributed by atoms with Crippen molar-refractivity contribution in [3.05, 3.63) is 28.2 Å². The molecule has 1 aromatic rings. The molecule has 8 heteroatoms. The quantitative estimate of drug-likeness (QED) is 0.839. The van der Waals surface area contributed by atoms with E-state index in [0.717, 1.165) is 0 Å². The van der Waals surface area contributed by atoms with Crippen molar-refractivity contribution < 1.29 is 18.0 Å². The van der Waals surface area contributed by atoms with E-state index in [4.69, 9.17) is 5.26 Å². The van der Waals surface area contributed by atoms with Gasteiger partial charge in [0.1, 0.15) is 11.9 Å². The summed E-state index contributed by atoms with van der Waals surface area (Å²) in [5.41, 5.74) is 0.164. The number of Topliss-reactive ketones (excluding diaryl/α,β-unsaturated/α-hetero) is 1. The number of carbonyl (C=O) groups is 2. The van der Waals surface area contributed by atoms with Gasteiger partial charge in [-0.05, 0) is 46.5 Å². The fourth-order valence-electron chi connectivity index (χ4n) is 2.62. The van der Waals surface area contributed by atoms with Gasteiger partial charge < -0.3 is 0 Å². The van der Waals surface area contributed by atoms with Crippen LogP contribution in [0, 0.1) is 23.2 Å². The summed E-state index contributed by atoms with van der Waals surface area (Å²) in [6.45, 7) is 1.77. The number of rotatable bonds is 3. The van der Waals surface area contributed by atoms with E-state index in [2.05, 4.69) is 20.7 Å². The molecule has 23 heavy (non-hydrogen) atoms. The molecule has 0 aliphatic heterocycles. The van der Waals surface area contributed by atoms with Gasteiger partial charge in [0.2, 0.25) is 5.91 Å². The van der Waals surface area contributed by atoms with Crippen LogP contribution in [0.4, 0.5) is 0 Å². The lowest BCUT2D eigenvalue weighted by Crippen LogP contribution is -2.40. The van der Waals surface area contributed by atoms with E-state index in [1.165, 1.54) is 18.2 Å². The molecular formula is C15H15BrN2O4S. The molecule has 122 valence electrons. The Balaban J connectivity index is 2.20. The second-order valence-electron chi connectivity index (χ2n) is 5.59. The SMILES string of the molecule is C[C@@H]1CC(=O)CC[C@@H]1C(=O)NS(=O)(=O)c1ccc(Br)c(C#N)c1. The van der Waals surface area contributed by atoms with Crippen LogP contribution in [-0.2, 0) is 19.6 Å². The van der Waals surface area contributed by atoms with E-state index in [1.54, 1.807) is 6.92 Å². The highest BCUT2D eigenvalue weighted by Gasteiger charge is 2.33. The third-order valence-corrected chi connectivity index (χ3v) is 5.95. The molecule has 2 rings (SSSR count). The number of benzene rings is 1. The summed E-state index contributed by atoms with van der Waals surface area (Å²) in [7, 11) is -4.05. The van der Waals surface area contributed by atoms with Gasteiger partial charge in [-0.25, -0.2) is 13.1 Å². The first-order chi connectivity index (χ1) is 10.7. The van der Waals surface area contributed by atoms with Gasteiger partial charge in [-0.2, -0.15) is 5.26 Å². The number of hydrogen-bond acceptors (Lipinski definition) is 5. The normalized spacial score (nSPS) is 21.5. The van der Waals surface area contributed by atoms with Crippen LogP contribution in [0.2, 0.25) is 0 Å². The van der Waals surface area contributed by atoms with Crippen LogP contribution in [0.15, 0.2) is 27.6 Å². The Morgan fingerprint density at radius 3 is 2.74 bits per heavy atom. The Morgan fingerprint density at radius 2 is 2.13 bits per heavy atom. The lowest BCUT2D eigenvalue weighted by molar-refractivity contribution is -0.129. The van der Waals surface area contributed by atoms with E-state index < -0.39 is 21.8 Å².